The van der Waals surface area contributed by atoms with E-state index in [1.54, 1.807) is 0 Å². The lowest BCUT2D eigenvalue weighted by Gasteiger charge is -2.60. The Morgan fingerprint density at radius 3 is 2.46 bits per heavy atom. The van der Waals surface area contributed by atoms with Crippen molar-refractivity contribution in [2.45, 2.75) is 105 Å². The average molecular weight is 387 g/mol. The molecule has 0 spiro atoms. The first kappa shape index (κ1) is 21.0. The molecule has 28 heavy (non-hydrogen) atoms. The predicted octanol–water partition coefficient (Wildman–Crippen LogP) is 7.24. The number of rotatable bonds is 4. The van der Waals surface area contributed by atoms with Crippen LogP contribution in [0.3, 0.4) is 0 Å². The Balaban J connectivity index is 1.55. The van der Waals surface area contributed by atoms with Gasteiger partial charge < -0.3 is 5.11 Å². The maximum atomic E-state index is 11.2. The topological polar surface area (TPSA) is 20.2 Å². The van der Waals surface area contributed by atoms with Gasteiger partial charge in [0.2, 0.25) is 0 Å². The van der Waals surface area contributed by atoms with Crippen molar-refractivity contribution in [1.82, 2.24) is 0 Å². The first-order valence-corrected chi connectivity index (χ1v) is 12.6. The van der Waals surface area contributed by atoms with Crippen molar-refractivity contribution in [3.63, 3.8) is 0 Å². The minimum Gasteiger partial charge on any atom is -0.393 e. The first-order valence-electron chi connectivity index (χ1n) is 12.6. The number of allylic oxidation sites excluding steroid dienone is 2. The van der Waals surface area contributed by atoms with E-state index in [9.17, 15) is 5.11 Å². The Labute approximate surface area is 174 Å². The third-order valence-corrected chi connectivity index (χ3v) is 10.3. The van der Waals surface area contributed by atoms with Gasteiger partial charge in [-0.2, -0.15) is 0 Å². The molecule has 4 aliphatic rings. The Kier molecular flexibility index (Phi) is 5.80. The van der Waals surface area contributed by atoms with Crippen LogP contribution in [0.25, 0.3) is 0 Å². The summed E-state index contributed by atoms with van der Waals surface area (Å²) in [5, 5.41) is 11.2. The van der Waals surface area contributed by atoms with E-state index in [1.165, 1.54) is 51.4 Å². The molecule has 4 rings (SSSR count). The van der Waals surface area contributed by atoms with Gasteiger partial charge >= 0.3 is 0 Å². The molecule has 160 valence electrons. The van der Waals surface area contributed by atoms with Gasteiger partial charge in [-0.1, -0.05) is 59.6 Å². The molecule has 0 aromatic rings. The highest BCUT2D eigenvalue weighted by molar-refractivity contribution is 5.13. The van der Waals surface area contributed by atoms with Crippen LogP contribution in [-0.2, 0) is 0 Å². The summed E-state index contributed by atoms with van der Waals surface area (Å²) in [6.07, 6.45) is 18.6. The number of hydrogen-bond donors (Lipinski definition) is 1. The summed E-state index contributed by atoms with van der Waals surface area (Å²) in [5.41, 5.74) is 0.953. The molecule has 1 nitrogen and oxygen atoms in total. The van der Waals surface area contributed by atoms with Crippen LogP contribution in [0.2, 0.25) is 0 Å². The maximum absolute atomic E-state index is 11.2. The van der Waals surface area contributed by atoms with Gasteiger partial charge in [0.15, 0.2) is 0 Å². The SMILES string of the molecule is CC(C)C/C=C/[C@@H](C)[C@H]1[C@@H](O)C[C@H]2[C@@H]3CC[C@H]4CCCC[C@]4(C)[C@H]3CC[C@]12C. The van der Waals surface area contributed by atoms with E-state index in [0.29, 0.717) is 22.7 Å². The summed E-state index contributed by atoms with van der Waals surface area (Å²) in [5.74, 6) is 5.24. The molecule has 0 saturated heterocycles. The summed E-state index contributed by atoms with van der Waals surface area (Å²) in [6.45, 7) is 12.2. The molecule has 4 saturated carbocycles. The minimum absolute atomic E-state index is 0.0932. The summed E-state index contributed by atoms with van der Waals surface area (Å²) in [7, 11) is 0. The maximum Gasteiger partial charge on any atom is 0.0582 e. The Bertz CT molecular complexity index is 579. The van der Waals surface area contributed by atoms with Gasteiger partial charge in [0.1, 0.15) is 0 Å². The standard InChI is InChI=1S/C27H46O/c1-18(2)9-8-10-19(3)25-24(28)17-23-21-13-12-20-11-6-7-15-26(20,4)22(21)14-16-27(23,25)5/h8,10,18-25,28H,6-7,9,11-17H2,1-5H3/b10-8+/t19-,20-,21-,22+,23+,24+,25+,26+,27+/m1/s1. The van der Waals surface area contributed by atoms with Gasteiger partial charge in [-0.25, -0.2) is 0 Å². The summed E-state index contributed by atoms with van der Waals surface area (Å²) >= 11 is 0. The van der Waals surface area contributed by atoms with Gasteiger partial charge in [-0.05, 0) is 104 Å². The van der Waals surface area contributed by atoms with Crippen LogP contribution >= 0.6 is 0 Å². The molecule has 0 bridgehead atoms. The van der Waals surface area contributed by atoms with E-state index in [4.69, 9.17) is 0 Å². The summed E-state index contributed by atoms with van der Waals surface area (Å²) in [4.78, 5) is 0. The zero-order chi connectivity index (χ0) is 20.1. The fourth-order valence-electron chi connectivity index (χ4n) is 8.98. The van der Waals surface area contributed by atoms with Crippen LogP contribution in [-0.4, -0.2) is 11.2 Å². The second kappa shape index (κ2) is 7.75. The molecule has 0 radical (unpaired) electrons. The molecule has 4 fully saturated rings. The first-order chi connectivity index (χ1) is 13.3. The molecular formula is C27H46O. The molecule has 1 heteroatoms. The zero-order valence-electron chi connectivity index (χ0n) is 19.3. The molecule has 0 aromatic carbocycles. The summed E-state index contributed by atoms with van der Waals surface area (Å²) < 4.78 is 0. The third-order valence-electron chi connectivity index (χ3n) is 10.3. The number of aliphatic hydroxyl groups is 1. The average Bonchev–Trinajstić information content (AvgIpc) is 2.91. The predicted molar refractivity (Wildman–Crippen MR) is 119 cm³/mol. The van der Waals surface area contributed by atoms with Crippen molar-refractivity contribution < 1.29 is 5.11 Å². The highest BCUT2D eigenvalue weighted by Gasteiger charge is 2.62. The van der Waals surface area contributed by atoms with Crippen LogP contribution < -0.4 is 0 Å². The van der Waals surface area contributed by atoms with Gasteiger partial charge in [-0.15, -0.1) is 0 Å². The Morgan fingerprint density at radius 1 is 0.929 bits per heavy atom. The van der Waals surface area contributed by atoms with Crippen molar-refractivity contribution in [2.24, 2.45) is 52.3 Å². The van der Waals surface area contributed by atoms with Gasteiger partial charge in [0, 0.05) is 0 Å². The van der Waals surface area contributed by atoms with Crippen LogP contribution in [0.1, 0.15) is 98.8 Å². The quantitative estimate of drug-likeness (QED) is 0.505. The van der Waals surface area contributed by atoms with E-state index in [2.05, 4.69) is 46.8 Å². The van der Waals surface area contributed by atoms with Gasteiger partial charge in [-0.3, -0.25) is 0 Å². The minimum atomic E-state index is -0.0932. The van der Waals surface area contributed by atoms with E-state index in [-0.39, 0.29) is 6.10 Å². The lowest BCUT2D eigenvalue weighted by Crippen LogP contribution is -2.53. The molecule has 0 amide bonds. The van der Waals surface area contributed by atoms with Crippen LogP contribution in [0, 0.1) is 52.3 Å². The van der Waals surface area contributed by atoms with E-state index < -0.39 is 0 Å². The molecule has 1 N–H and O–H groups in total. The van der Waals surface area contributed by atoms with Crippen molar-refractivity contribution in [3.8, 4) is 0 Å². The van der Waals surface area contributed by atoms with Crippen molar-refractivity contribution in [2.75, 3.05) is 0 Å². The smallest absolute Gasteiger partial charge is 0.0582 e. The number of hydrogen-bond acceptors (Lipinski definition) is 1. The monoisotopic (exact) mass is 386 g/mol. The zero-order valence-corrected chi connectivity index (χ0v) is 19.3. The lowest BCUT2D eigenvalue weighted by atomic mass is 9.44. The lowest BCUT2D eigenvalue weighted by molar-refractivity contribution is -0.113. The number of aliphatic hydroxyl groups excluding tert-OH is 1. The van der Waals surface area contributed by atoms with E-state index in [1.807, 2.05) is 0 Å². The summed E-state index contributed by atoms with van der Waals surface area (Å²) in [6, 6.07) is 0. The third kappa shape index (κ3) is 3.32. The molecule has 0 aromatic heterocycles. The molecule has 0 unspecified atom stereocenters. The van der Waals surface area contributed by atoms with Crippen LogP contribution in [0.4, 0.5) is 0 Å². The van der Waals surface area contributed by atoms with Crippen molar-refractivity contribution in [1.29, 1.82) is 0 Å². The van der Waals surface area contributed by atoms with Crippen LogP contribution in [0.15, 0.2) is 12.2 Å². The Morgan fingerprint density at radius 2 is 1.71 bits per heavy atom. The number of fused-ring (bicyclic) bond motifs is 5. The second-order valence-electron chi connectivity index (χ2n) is 12.2. The van der Waals surface area contributed by atoms with E-state index >= 15 is 0 Å². The Hall–Kier alpha value is -0.300. The normalized spacial score (nSPS) is 49.7. The fraction of sp³-hybridized carbons (Fsp3) is 0.926. The highest BCUT2D eigenvalue weighted by atomic mass is 16.3. The van der Waals surface area contributed by atoms with Gasteiger partial charge in [0.05, 0.1) is 6.10 Å². The molecule has 9 atom stereocenters. The van der Waals surface area contributed by atoms with Crippen molar-refractivity contribution in [3.05, 3.63) is 12.2 Å². The largest absolute Gasteiger partial charge is 0.393 e. The fourth-order valence-corrected chi connectivity index (χ4v) is 8.98. The molecule has 4 aliphatic carbocycles. The second-order valence-corrected chi connectivity index (χ2v) is 12.2. The highest BCUT2D eigenvalue weighted by Crippen LogP contribution is 2.68. The van der Waals surface area contributed by atoms with E-state index in [0.717, 1.165) is 42.4 Å². The molecular weight excluding hydrogens is 340 g/mol. The van der Waals surface area contributed by atoms with Gasteiger partial charge in [0.25, 0.3) is 0 Å². The van der Waals surface area contributed by atoms with Crippen LogP contribution in [0.5, 0.6) is 0 Å². The van der Waals surface area contributed by atoms with Crippen molar-refractivity contribution >= 4 is 0 Å². The molecule has 0 aliphatic heterocycles. The molecule has 0 heterocycles.